The van der Waals surface area contributed by atoms with Crippen molar-refractivity contribution in [3.8, 4) is 5.75 Å². The topological polar surface area (TPSA) is 104 Å². The van der Waals surface area contributed by atoms with Crippen LogP contribution in [0.5, 0.6) is 5.75 Å². The van der Waals surface area contributed by atoms with Crippen molar-refractivity contribution in [2.75, 3.05) is 0 Å². The maximum atomic E-state index is 12.7. The molecule has 0 saturated heterocycles. The lowest BCUT2D eigenvalue weighted by molar-refractivity contribution is -0.139. The molecule has 0 bridgehead atoms. The summed E-state index contributed by atoms with van der Waals surface area (Å²) in [5, 5.41) is 21.8. The fourth-order valence-electron chi connectivity index (χ4n) is 3.47. The molecule has 0 aliphatic carbocycles. The van der Waals surface area contributed by atoms with Crippen LogP contribution in [0.4, 0.5) is 0 Å². The Labute approximate surface area is 180 Å². The molecule has 0 radical (unpaired) electrons. The SMILES string of the molecule is CCC(c1ccc(O)cc1)C(NC(=O)c1ccc(C(=O)c2ccccc2)cc1)C(=O)O. The zero-order chi connectivity index (χ0) is 22.4. The number of carbonyl (C=O) groups is 3. The van der Waals surface area contributed by atoms with Gasteiger partial charge in [-0.25, -0.2) is 4.79 Å². The molecule has 0 spiro atoms. The van der Waals surface area contributed by atoms with Crippen molar-refractivity contribution in [1.82, 2.24) is 5.32 Å². The second-order valence-electron chi connectivity index (χ2n) is 7.17. The van der Waals surface area contributed by atoms with E-state index in [-0.39, 0.29) is 17.1 Å². The van der Waals surface area contributed by atoms with E-state index >= 15 is 0 Å². The highest BCUT2D eigenvalue weighted by molar-refractivity contribution is 6.09. The van der Waals surface area contributed by atoms with Crippen LogP contribution in [0.3, 0.4) is 0 Å². The average molecular weight is 417 g/mol. The molecule has 6 nitrogen and oxygen atoms in total. The highest BCUT2D eigenvalue weighted by Crippen LogP contribution is 2.26. The van der Waals surface area contributed by atoms with E-state index in [2.05, 4.69) is 5.32 Å². The molecule has 3 rings (SSSR count). The van der Waals surface area contributed by atoms with Crippen molar-refractivity contribution in [3.05, 3.63) is 101 Å². The van der Waals surface area contributed by atoms with E-state index in [1.807, 2.05) is 13.0 Å². The molecule has 0 saturated carbocycles. The Morgan fingerprint density at radius 1 is 0.806 bits per heavy atom. The molecular formula is C25H23NO5. The number of hydrogen-bond acceptors (Lipinski definition) is 4. The first kappa shape index (κ1) is 21.8. The van der Waals surface area contributed by atoms with Gasteiger partial charge in [0.2, 0.25) is 0 Å². The van der Waals surface area contributed by atoms with Gasteiger partial charge in [0.1, 0.15) is 11.8 Å². The number of nitrogens with one attached hydrogen (secondary N) is 1. The van der Waals surface area contributed by atoms with Gasteiger partial charge in [-0.2, -0.15) is 0 Å². The van der Waals surface area contributed by atoms with Gasteiger partial charge in [0.05, 0.1) is 0 Å². The van der Waals surface area contributed by atoms with Crippen molar-refractivity contribution in [2.45, 2.75) is 25.3 Å². The normalized spacial score (nSPS) is 12.5. The number of carboxylic acid groups (broad SMARTS) is 1. The third kappa shape index (κ3) is 5.17. The van der Waals surface area contributed by atoms with E-state index < -0.39 is 23.8 Å². The summed E-state index contributed by atoms with van der Waals surface area (Å²) in [6, 6.07) is 20.1. The summed E-state index contributed by atoms with van der Waals surface area (Å²) in [6.45, 7) is 1.84. The summed E-state index contributed by atoms with van der Waals surface area (Å²) in [6.07, 6.45) is 0.479. The van der Waals surface area contributed by atoms with Crippen LogP contribution in [0, 0.1) is 0 Å². The predicted molar refractivity (Wildman–Crippen MR) is 116 cm³/mol. The fourth-order valence-corrected chi connectivity index (χ4v) is 3.47. The van der Waals surface area contributed by atoms with Gasteiger partial charge in [-0.15, -0.1) is 0 Å². The Bertz CT molecular complexity index is 1060. The smallest absolute Gasteiger partial charge is 0.326 e. The van der Waals surface area contributed by atoms with E-state index in [1.165, 1.54) is 24.3 Å². The Kier molecular flexibility index (Phi) is 6.82. The Morgan fingerprint density at radius 2 is 1.35 bits per heavy atom. The third-order valence-electron chi connectivity index (χ3n) is 5.16. The fraction of sp³-hybridized carbons (Fsp3) is 0.160. The van der Waals surface area contributed by atoms with Crippen LogP contribution >= 0.6 is 0 Å². The van der Waals surface area contributed by atoms with Crippen LogP contribution in [0.15, 0.2) is 78.9 Å². The monoisotopic (exact) mass is 417 g/mol. The third-order valence-corrected chi connectivity index (χ3v) is 5.16. The molecular weight excluding hydrogens is 394 g/mol. The van der Waals surface area contributed by atoms with Gasteiger partial charge >= 0.3 is 5.97 Å². The number of phenolic OH excluding ortho intramolecular Hbond substituents is 1. The van der Waals surface area contributed by atoms with Crippen LogP contribution in [-0.2, 0) is 4.79 Å². The zero-order valence-corrected chi connectivity index (χ0v) is 17.0. The number of aromatic hydroxyl groups is 1. The average Bonchev–Trinajstić information content (AvgIpc) is 2.80. The minimum atomic E-state index is -1.15. The van der Waals surface area contributed by atoms with Gasteiger partial charge < -0.3 is 15.5 Å². The Hall–Kier alpha value is -3.93. The summed E-state index contributed by atoms with van der Waals surface area (Å²) in [5.41, 5.74) is 1.95. The number of rotatable bonds is 8. The van der Waals surface area contributed by atoms with Crippen LogP contribution in [0.1, 0.15) is 51.1 Å². The minimum Gasteiger partial charge on any atom is -0.508 e. The predicted octanol–water partition coefficient (Wildman–Crippen LogP) is 4.00. The van der Waals surface area contributed by atoms with E-state index in [4.69, 9.17) is 0 Å². The summed E-state index contributed by atoms with van der Waals surface area (Å²) in [4.78, 5) is 37.1. The summed E-state index contributed by atoms with van der Waals surface area (Å²) in [7, 11) is 0. The van der Waals surface area contributed by atoms with Crippen molar-refractivity contribution in [2.24, 2.45) is 0 Å². The highest BCUT2D eigenvalue weighted by atomic mass is 16.4. The van der Waals surface area contributed by atoms with Crippen LogP contribution in [-0.4, -0.2) is 33.9 Å². The molecule has 158 valence electrons. The Balaban J connectivity index is 1.77. The summed E-state index contributed by atoms with van der Waals surface area (Å²) in [5.74, 6) is -2.23. The number of carbonyl (C=O) groups excluding carboxylic acids is 2. The number of amides is 1. The number of phenols is 1. The van der Waals surface area contributed by atoms with Crippen molar-refractivity contribution in [3.63, 3.8) is 0 Å². The first-order valence-corrected chi connectivity index (χ1v) is 9.93. The van der Waals surface area contributed by atoms with Crippen LogP contribution in [0.25, 0.3) is 0 Å². The lowest BCUT2D eigenvalue weighted by Gasteiger charge is -2.24. The first-order valence-electron chi connectivity index (χ1n) is 9.93. The molecule has 2 unspecified atom stereocenters. The summed E-state index contributed by atoms with van der Waals surface area (Å²) < 4.78 is 0. The van der Waals surface area contributed by atoms with Gasteiger partial charge in [0, 0.05) is 22.6 Å². The molecule has 6 heteroatoms. The molecule has 0 fully saturated rings. The van der Waals surface area contributed by atoms with Gasteiger partial charge in [-0.05, 0) is 36.2 Å². The largest absolute Gasteiger partial charge is 0.508 e. The molecule has 3 aromatic carbocycles. The molecule has 31 heavy (non-hydrogen) atoms. The van der Waals surface area contributed by atoms with Gasteiger partial charge in [-0.1, -0.05) is 61.5 Å². The van der Waals surface area contributed by atoms with Crippen LogP contribution in [0.2, 0.25) is 0 Å². The molecule has 0 aromatic heterocycles. The van der Waals surface area contributed by atoms with Crippen LogP contribution < -0.4 is 5.32 Å². The number of ketones is 1. The van der Waals surface area contributed by atoms with E-state index in [9.17, 15) is 24.6 Å². The van der Waals surface area contributed by atoms with Crippen molar-refractivity contribution in [1.29, 1.82) is 0 Å². The van der Waals surface area contributed by atoms with Crippen molar-refractivity contribution >= 4 is 17.7 Å². The highest BCUT2D eigenvalue weighted by Gasteiger charge is 2.30. The number of carboxylic acids is 1. The second-order valence-corrected chi connectivity index (χ2v) is 7.17. The molecule has 1 amide bonds. The standard InChI is InChI=1S/C25H23NO5/c1-2-21(16-12-14-20(27)15-13-16)22(25(30)31)26-24(29)19-10-8-18(9-11-19)23(28)17-6-4-3-5-7-17/h3-15,21-22,27H,2H2,1H3,(H,26,29)(H,30,31). The molecule has 3 N–H and O–H groups in total. The van der Waals surface area contributed by atoms with Crippen molar-refractivity contribution < 1.29 is 24.6 Å². The lowest BCUT2D eigenvalue weighted by Crippen LogP contribution is -2.44. The van der Waals surface area contributed by atoms with Gasteiger partial charge in [0.15, 0.2) is 5.78 Å². The van der Waals surface area contributed by atoms with E-state index in [1.54, 1.807) is 48.5 Å². The first-order chi connectivity index (χ1) is 14.9. The van der Waals surface area contributed by atoms with Gasteiger partial charge in [-0.3, -0.25) is 9.59 Å². The maximum Gasteiger partial charge on any atom is 0.326 e. The maximum absolute atomic E-state index is 12.7. The summed E-state index contributed by atoms with van der Waals surface area (Å²) >= 11 is 0. The van der Waals surface area contributed by atoms with E-state index in [0.29, 0.717) is 23.1 Å². The second kappa shape index (κ2) is 9.71. The van der Waals surface area contributed by atoms with E-state index in [0.717, 1.165) is 0 Å². The molecule has 3 aromatic rings. The molecule has 0 heterocycles. The lowest BCUT2D eigenvalue weighted by atomic mass is 9.88. The number of benzene rings is 3. The van der Waals surface area contributed by atoms with Gasteiger partial charge in [0.25, 0.3) is 5.91 Å². The molecule has 0 aliphatic rings. The number of hydrogen-bond donors (Lipinski definition) is 3. The number of aliphatic carboxylic acids is 1. The molecule has 0 aliphatic heterocycles. The quantitative estimate of drug-likeness (QED) is 0.481. The Morgan fingerprint density at radius 3 is 1.90 bits per heavy atom. The molecule has 2 atom stereocenters. The zero-order valence-electron chi connectivity index (χ0n) is 17.0. The minimum absolute atomic E-state index is 0.0830.